The van der Waals surface area contributed by atoms with Gasteiger partial charge in [0, 0.05) is 0 Å². The van der Waals surface area contributed by atoms with Gasteiger partial charge >= 0.3 is 50.8 Å². The SMILES string of the molecule is [Al+2][Cl].[Al+2][Cl].[CH3-].[CH3-].[CH3-].[CH3-]. The van der Waals surface area contributed by atoms with E-state index in [0.717, 1.165) is 0 Å². The summed E-state index contributed by atoms with van der Waals surface area (Å²) in [6.45, 7) is 0. The van der Waals surface area contributed by atoms with Gasteiger partial charge in [-0.1, -0.05) is 0 Å². The maximum atomic E-state index is 4.56. The first-order valence-corrected chi connectivity index (χ1v) is 3.93. The molecular weight excluding hydrogens is 173 g/mol. The molecule has 0 unspecified atom stereocenters. The molecule has 8 heavy (non-hydrogen) atoms. The van der Waals surface area contributed by atoms with E-state index in [2.05, 4.69) is 20.1 Å². The maximum Gasteiger partial charge on any atom is -0.358 e. The summed E-state index contributed by atoms with van der Waals surface area (Å²) >= 11 is 3.78. The summed E-state index contributed by atoms with van der Waals surface area (Å²) in [5, 5.41) is 0. The van der Waals surface area contributed by atoms with E-state index in [1.54, 1.807) is 0 Å². The maximum absolute atomic E-state index is 4.56. The Labute approximate surface area is 80.2 Å². The van der Waals surface area contributed by atoms with Gasteiger partial charge in [-0.05, 0) is 0 Å². The van der Waals surface area contributed by atoms with Crippen molar-refractivity contribution < 1.29 is 0 Å². The van der Waals surface area contributed by atoms with Gasteiger partial charge in [0.05, 0.1) is 0 Å². The minimum Gasteiger partial charge on any atom is -0.358 e. The van der Waals surface area contributed by atoms with Crippen molar-refractivity contribution in [2.75, 3.05) is 0 Å². The summed E-state index contributed by atoms with van der Waals surface area (Å²) in [6.07, 6.45) is 0. The van der Waals surface area contributed by atoms with E-state index in [4.69, 9.17) is 0 Å². The van der Waals surface area contributed by atoms with E-state index in [0.29, 0.717) is 0 Å². The Kier molecular flexibility index (Phi) is 1270. The average molecular weight is 185 g/mol. The summed E-state index contributed by atoms with van der Waals surface area (Å²) in [7, 11) is 9.11. The standard InChI is InChI=1S/4CH3.2Al.2ClH/h4*1H3;;;2*1H/q4*-1;2*+3;;/p-2. The van der Waals surface area contributed by atoms with Crippen LogP contribution >= 0.6 is 20.1 Å². The Morgan fingerprint density at radius 1 is 0.500 bits per heavy atom. The van der Waals surface area contributed by atoms with Crippen LogP contribution in [0.2, 0.25) is 0 Å². The van der Waals surface area contributed by atoms with E-state index < -0.39 is 0 Å². The zero-order chi connectivity index (χ0) is 4.00. The second-order valence-corrected chi connectivity index (χ2v) is 0. The van der Waals surface area contributed by atoms with Crippen molar-refractivity contribution in [1.82, 2.24) is 0 Å². The molecule has 0 aliphatic heterocycles. The van der Waals surface area contributed by atoms with Gasteiger partial charge in [0.2, 0.25) is 0 Å². The van der Waals surface area contributed by atoms with Crippen molar-refractivity contribution >= 4 is 50.8 Å². The molecule has 0 spiro atoms. The molecule has 0 rings (SSSR count). The van der Waals surface area contributed by atoms with Crippen LogP contribution in [0, 0.1) is 29.7 Å². The first-order valence-electron chi connectivity index (χ1n) is 0.436. The van der Waals surface area contributed by atoms with Crippen LogP contribution in [0.15, 0.2) is 0 Å². The minimum absolute atomic E-state index is 0. The first-order chi connectivity index (χ1) is 2.00. The Hall–Kier alpha value is 1.64. The topological polar surface area (TPSA) is 0 Å². The smallest absolute Gasteiger partial charge is 0.358 e. The van der Waals surface area contributed by atoms with Gasteiger partial charge in [-0.2, -0.15) is 0 Å². The van der Waals surface area contributed by atoms with Crippen molar-refractivity contribution in [3.63, 3.8) is 0 Å². The van der Waals surface area contributed by atoms with Gasteiger partial charge in [-0.15, -0.1) is 0 Å². The second kappa shape index (κ2) is 187. The number of halogens is 2. The van der Waals surface area contributed by atoms with Gasteiger partial charge in [-0.25, -0.2) is 0 Å². The van der Waals surface area contributed by atoms with Gasteiger partial charge < -0.3 is 29.7 Å². The van der Waals surface area contributed by atoms with Crippen molar-refractivity contribution in [3.05, 3.63) is 29.7 Å². The van der Waals surface area contributed by atoms with Crippen LogP contribution in [0.1, 0.15) is 0 Å². The molecule has 0 atom stereocenters. The molecule has 0 heterocycles. The van der Waals surface area contributed by atoms with Crippen molar-refractivity contribution in [1.29, 1.82) is 0 Å². The Morgan fingerprint density at radius 3 is 0.500 bits per heavy atom. The number of hydrogen-bond acceptors (Lipinski definition) is 0. The fraction of sp³-hybridized carbons (Fsp3) is 0. The third-order valence-electron chi connectivity index (χ3n) is 0. The molecule has 0 aliphatic rings. The predicted molar refractivity (Wildman–Crippen MR) is 48.9 cm³/mol. The minimum atomic E-state index is 0. The third kappa shape index (κ3) is 125. The quantitative estimate of drug-likeness (QED) is 0.401. The Morgan fingerprint density at radius 2 is 0.500 bits per heavy atom. The fourth-order valence-corrected chi connectivity index (χ4v) is 0. The van der Waals surface area contributed by atoms with E-state index >= 15 is 0 Å². The van der Waals surface area contributed by atoms with Gasteiger partial charge in [0.15, 0.2) is 0 Å². The molecule has 0 aromatic heterocycles. The normalized spacial score (nSPS) is 1.75. The summed E-state index contributed by atoms with van der Waals surface area (Å²) in [5.74, 6) is 0. The van der Waals surface area contributed by atoms with E-state index in [1.807, 2.05) is 30.7 Å². The zero-order valence-electron chi connectivity index (χ0n) is 5.91. The van der Waals surface area contributed by atoms with Crippen molar-refractivity contribution in [2.45, 2.75) is 0 Å². The molecule has 0 bridgehead atoms. The summed E-state index contributed by atoms with van der Waals surface area (Å²) in [4.78, 5) is 0. The molecule has 0 saturated heterocycles. The molecule has 0 aromatic carbocycles. The molecular formula is C4H12Al2Cl2. The van der Waals surface area contributed by atoms with Crippen LogP contribution in [-0.4, -0.2) is 30.7 Å². The van der Waals surface area contributed by atoms with E-state index in [9.17, 15) is 0 Å². The number of hydrogen-bond donors (Lipinski definition) is 0. The molecule has 0 amide bonds. The van der Waals surface area contributed by atoms with Crippen molar-refractivity contribution in [2.24, 2.45) is 0 Å². The van der Waals surface area contributed by atoms with E-state index in [-0.39, 0.29) is 29.7 Å². The van der Waals surface area contributed by atoms with E-state index in [1.165, 1.54) is 0 Å². The molecule has 0 aromatic rings. The van der Waals surface area contributed by atoms with Crippen LogP contribution in [0.5, 0.6) is 0 Å². The first kappa shape index (κ1) is 54.3. The molecule has 0 N–H and O–H groups in total. The summed E-state index contributed by atoms with van der Waals surface area (Å²) in [5.41, 5.74) is 0. The van der Waals surface area contributed by atoms with Crippen molar-refractivity contribution in [3.8, 4) is 0 Å². The van der Waals surface area contributed by atoms with Gasteiger partial charge in [0.25, 0.3) is 0 Å². The summed E-state index contributed by atoms with van der Waals surface area (Å²) in [6, 6.07) is 0. The third-order valence-corrected chi connectivity index (χ3v) is 0. The Balaban J connectivity index is -0.00000000167. The molecule has 0 fully saturated rings. The van der Waals surface area contributed by atoms with Crippen LogP contribution < -0.4 is 0 Å². The molecule has 0 radical (unpaired) electrons. The molecule has 48 valence electrons. The van der Waals surface area contributed by atoms with Crippen LogP contribution in [-0.2, 0) is 0 Å². The largest absolute Gasteiger partial charge is 0.358 e. The summed E-state index contributed by atoms with van der Waals surface area (Å²) < 4.78 is 0. The van der Waals surface area contributed by atoms with Crippen LogP contribution in [0.25, 0.3) is 0 Å². The average Bonchev–Trinajstić information content (AvgIpc) is 1.50. The van der Waals surface area contributed by atoms with Crippen LogP contribution in [0.4, 0.5) is 0 Å². The van der Waals surface area contributed by atoms with Gasteiger partial charge in [0.1, 0.15) is 0 Å². The fourth-order valence-electron chi connectivity index (χ4n) is 0. The second-order valence-electron chi connectivity index (χ2n) is 0. The molecule has 0 nitrogen and oxygen atoms in total. The molecule has 0 aliphatic carbocycles. The van der Waals surface area contributed by atoms with Gasteiger partial charge in [-0.3, -0.25) is 0 Å². The molecule has 4 heteroatoms. The monoisotopic (exact) mass is 184 g/mol. The predicted octanol–water partition coefficient (Wildman–Crippen LogP) is 2.42. The van der Waals surface area contributed by atoms with Crippen LogP contribution in [0.3, 0.4) is 0 Å². The number of rotatable bonds is 0. The zero-order valence-corrected chi connectivity index (χ0v) is 9.73. The molecule has 0 saturated carbocycles. The Bertz CT molecular complexity index is 12.0.